The molecule has 158 valence electrons. The highest BCUT2D eigenvalue weighted by Gasteiger charge is 2.34. The molecule has 2 aromatic carbocycles. The summed E-state index contributed by atoms with van der Waals surface area (Å²) >= 11 is 0. The molecule has 0 saturated carbocycles. The van der Waals surface area contributed by atoms with E-state index in [1.54, 1.807) is 30.3 Å². The number of hydrogen-bond donors (Lipinski definition) is 1. The van der Waals surface area contributed by atoms with Gasteiger partial charge in [0.1, 0.15) is 29.8 Å². The second-order valence-electron chi connectivity index (χ2n) is 8.10. The normalized spacial score (nSPS) is 21.4. The first-order valence-corrected chi connectivity index (χ1v) is 10.1. The van der Waals surface area contributed by atoms with Gasteiger partial charge in [-0.25, -0.2) is 4.79 Å². The summed E-state index contributed by atoms with van der Waals surface area (Å²) in [6.45, 7) is 6.07. The van der Waals surface area contributed by atoms with Crippen LogP contribution in [-0.2, 0) is 24.4 Å². The number of hydrogen-bond acceptors (Lipinski definition) is 6. The molecule has 0 radical (unpaired) electrons. The van der Waals surface area contributed by atoms with Gasteiger partial charge >= 0.3 is 5.97 Å². The van der Waals surface area contributed by atoms with Crippen molar-refractivity contribution in [2.45, 2.75) is 37.6 Å². The average molecular weight is 410 g/mol. The first-order valence-electron chi connectivity index (χ1n) is 10.1. The van der Waals surface area contributed by atoms with Crippen LogP contribution in [0.2, 0.25) is 0 Å². The highest BCUT2D eigenvalue weighted by molar-refractivity contribution is 5.84. The zero-order chi connectivity index (χ0) is 21.1. The molecule has 0 aromatic heterocycles. The summed E-state index contributed by atoms with van der Waals surface area (Å²) in [5.74, 6) is 0.255. The van der Waals surface area contributed by atoms with Crippen LogP contribution in [0.4, 0.5) is 0 Å². The van der Waals surface area contributed by atoms with Crippen molar-refractivity contribution in [1.82, 2.24) is 0 Å². The van der Waals surface area contributed by atoms with Gasteiger partial charge in [0.2, 0.25) is 0 Å². The summed E-state index contributed by atoms with van der Waals surface area (Å²) in [4.78, 5) is 12.2. The maximum Gasteiger partial charge on any atom is 0.335 e. The molecule has 6 heteroatoms. The zero-order valence-corrected chi connectivity index (χ0v) is 17.1. The Morgan fingerprint density at radius 2 is 1.70 bits per heavy atom. The lowest BCUT2D eigenvalue weighted by molar-refractivity contribution is -0.129. The van der Waals surface area contributed by atoms with Gasteiger partial charge in [0.05, 0.1) is 19.8 Å². The second kappa shape index (κ2) is 8.60. The molecule has 2 aromatic rings. The van der Waals surface area contributed by atoms with Gasteiger partial charge in [0, 0.05) is 11.5 Å². The molecule has 3 atom stereocenters. The zero-order valence-electron chi connectivity index (χ0n) is 17.1. The quantitative estimate of drug-likeness (QED) is 0.296. The lowest BCUT2D eigenvalue weighted by Crippen LogP contribution is -2.20. The third kappa shape index (κ3) is 5.27. The molecular formula is C24H26O6. The molecule has 0 amide bonds. The van der Waals surface area contributed by atoms with Crippen molar-refractivity contribution in [2.75, 3.05) is 19.8 Å². The lowest BCUT2D eigenvalue weighted by Gasteiger charge is -2.26. The van der Waals surface area contributed by atoms with Crippen molar-refractivity contribution in [3.63, 3.8) is 0 Å². The Balaban J connectivity index is 1.35. The first-order chi connectivity index (χ1) is 14.4. The second-order valence-corrected chi connectivity index (χ2v) is 8.10. The summed E-state index contributed by atoms with van der Waals surface area (Å²) < 4.78 is 21.6. The number of aromatic hydroxyl groups is 1. The number of phenolic OH excluding ortho intramolecular Hbond substituents is 1. The van der Waals surface area contributed by atoms with Crippen LogP contribution in [0.25, 0.3) is 0 Å². The number of esters is 1. The number of carbonyl (C=O) groups is 1. The van der Waals surface area contributed by atoms with Crippen LogP contribution in [0.5, 0.6) is 11.5 Å². The molecule has 2 heterocycles. The predicted octanol–water partition coefficient (Wildman–Crippen LogP) is 3.36. The molecule has 30 heavy (non-hydrogen) atoms. The Hall–Kier alpha value is -2.67. The van der Waals surface area contributed by atoms with Crippen molar-refractivity contribution in [2.24, 2.45) is 0 Å². The van der Waals surface area contributed by atoms with Gasteiger partial charge in [-0.2, -0.15) is 0 Å². The van der Waals surface area contributed by atoms with E-state index in [2.05, 4.69) is 13.8 Å². The fraction of sp³-hybridized carbons (Fsp3) is 0.375. The Morgan fingerprint density at radius 1 is 1.10 bits per heavy atom. The van der Waals surface area contributed by atoms with Gasteiger partial charge in [0.25, 0.3) is 0 Å². The molecule has 0 spiro atoms. The SMILES string of the molecule is CC(C)(c1ccc(O)cc1)c1ccc(OC(=O)C=CC(OCC2CO2)C2CO2)cc1. The van der Waals surface area contributed by atoms with E-state index in [0.29, 0.717) is 19.0 Å². The first kappa shape index (κ1) is 20.6. The Labute approximate surface area is 176 Å². The van der Waals surface area contributed by atoms with E-state index in [1.165, 1.54) is 6.08 Å². The summed E-state index contributed by atoms with van der Waals surface area (Å²) in [5.41, 5.74) is 1.90. The number of rotatable bonds is 9. The number of phenols is 1. The third-order valence-electron chi connectivity index (χ3n) is 5.41. The van der Waals surface area contributed by atoms with E-state index in [4.69, 9.17) is 18.9 Å². The minimum absolute atomic E-state index is 0.00536. The summed E-state index contributed by atoms with van der Waals surface area (Å²) in [6.07, 6.45) is 2.96. The number of benzene rings is 2. The van der Waals surface area contributed by atoms with Gasteiger partial charge in [-0.1, -0.05) is 38.1 Å². The molecule has 1 N–H and O–H groups in total. The predicted molar refractivity (Wildman–Crippen MR) is 111 cm³/mol. The van der Waals surface area contributed by atoms with Crippen LogP contribution in [0.15, 0.2) is 60.7 Å². The van der Waals surface area contributed by atoms with Gasteiger partial charge in [0.15, 0.2) is 0 Å². The van der Waals surface area contributed by atoms with Crippen molar-refractivity contribution in [3.8, 4) is 11.5 Å². The van der Waals surface area contributed by atoms with Crippen molar-refractivity contribution in [3.05, 3.63) is 71.8 Å². The van der Waals surface area contributed by atoms with Crippen LogP contribution in [-0.4, -0.2) is 49.2 Å². The van der Waals surface area contributed by atoms with E-state index in [9.17, 15) is 9.90 Å². The standard InChI is InChI=1S/C24H26O6/c1-24(2,16-3-7-18(25)8-4-16)17-5-9-19(10-6-17)30-23(26)12-11-21(22-15-29-22)28-14-20-13-27-20/h3-12,20-22,25H,13-15H2,1-2H3. The highest BCUT2D eigenvalue weighted by atomic mass is 16.6. The molecule has 2 aliphatic rings. The van der Waals surface area contributed by atoms with E-state index < -0.39 is 5.97 Å². The lowest BCUT2D eigenvalue weighted by atomic mass is 9.78. The third-order valence-corrected chi connectivity index (χ3v) is 5.41. The fourth-order valence-corrected chi connectivity index (χ4v) is 3.22. The summed E-state index contributed by atoms with van der Waals surface area (Å²) in [5, 5.41) is 9.51. The molecule has 3 unspecified atom stereocenters. The molecule has 2 saturated heterocycles. The minimum atomic E-state index is -0.461. The largest absolute Gasteiger partial charge is 0.508 e. The van der Waals surface area contributed by atoms with Crippen LogP contribution in [0, 0.1) is 0 Å². The van der Waals surface area contributed by atoms with Crippen LogP contribution in [0.1, 0.15) is 25.0 Å². The Bertz CT molecular complexity index is 892. The molecular weight excluding hydrogens is 384 g/mol. The Morgan fingerprint density at radius 3 is 2.27 bits per heavy atom. The van der Waals surface area contributed by atoms with E-state index >= 15 is 0 Å². The van der Waals surface area contributed by atoms with Gasteiger partial charge < -0.3 is 24.1 Å². The number of carbonyl (C=O) groups excluding carboxylic acids is 1. The number of epoxide rings is 2. The molecule has 0 aliphatic carbocycles. The highest BCUT2D eigenvalue weighted by Crippen LogP contribution is 2.33. The van der Waals surface area contributed by atoms with Gasteiger partial charge in [-0.05, 0) is 41.5 Å². The molecule has 2 aliphatic heterocycles. The molecule has 0 bridgehead atoms. The molecule has 2 fully saturated rings. The van der Waals surface area contributed by atoms with Crippen LogP contribution >= 0.6 is 0 Å². The average Bonchev–Trinajstić information content (AvgIpc) is 3.63. The smallest absolute Gasteiger partial charge is 0.335 e. The topological polar surface area (TPSA) is 80.8 Å². The molecule has 6 nitrogen and oxygen atoms in total. The minimum Gasteiger partial charge on any atom is -0.508 e. The van der Waals surface area contributed by atoms with Crippen molar-refractivity contribution >= 4 is 5.97 Å². The van der Waals surface area contributed by atoms with Crippen molar-refractivity contribution < 1.29 is 28.8 Å². The molecule has 4 rings (SSSR count). The van der Waals surface area contributed by atoms with Gasteiger partial charge in [-0.15, -0.1) is 0 Å². The monoisotopic (exact) mass is 410 g/mol. The summed E-state index contributed by atoms with van der Waals surface area (Å²) in [7, 11) is 0. The maximum absolute atomic E-state index is 12.2. The van der Waals surface area contributed by atoms with E-state index in [-0.39, 0.29) is 29.5 Å². The van der Waals surface area contributed by atoms with Crippen LogP contribution in [0.3, 0.4) is 0 Å². The summed E-state index contributed by atoms with van der Waals surface area (Å²) in [6, 6.07) is 14.6. The van der Waals surface area contributed by atoms with Crippen LogP contribution < -0.4 is 4.74 Å². The fourth-order valence-electron chi connectivity index (χ4n) is 3.22. The van der Waals surface area contributed by atoms with E-state index in [1.807, 2.05) is 24.3 Å². The maximum atomic E-state index is 12.2. The van der Waals surface area contributed by atoms with E-state index in [0.717, 1.165) is 17.7 Å². The number of ether oxygens (including phenoxy) is 4. The van der Waals surface area contributed by atoms with Gasteiger partial charge in [-0.3, -0.25) is 0 Å². The Kier molecular flexibility index (Phi) is 5.90. The van der Waals surface area contributed by atoms with Crippen molar-refractivity contribution in [1.29, 1.82) is 0 Å².